The van der Waals surface area contributed by atoms with Crippen molar-refractivity contribution < 1.29 is 11.9 Å². The molecule has 0 bridgehead atoms. The van der Waals surface area contributed by atoms with Gasteiger partial charge in [-0.3, -0.25) is 0 Å². The van der Waals surface area contributed by atoms with Gasteiger partial charge in [0, 0.05) is 37.1 Å². The van der Waals surface area contributed by atoms with Crippen LogP contribution in [0.1, 0.15) is 18.9 Å². The summed E-state index contributed by atoms with van der Waals surface area (Å²) in [6.45, 7) is -1.42. The molecule has 3 aromatic rings. The summed E-state index contributed by atoms with van der Waals surface area (Å²) in [5, 5.41) is 5.56. The van der Waals surface area contributed by atoms with Crippen molar-refractivity contribution in [2.24, 2.45) is 5.73 Å². The molecule has 3 rings (SSSR count). The molecule has 1 atom stereocenters. The first kappa shape index (κ1) is 15.2. The quantitative estimate of drug-likeness (QED) is 0.485. The third kappa shape index (κ3) is 3.97. The van der Waals surface area contributed by atoms with Gasteiger partial charge in [0.2, 0.25) is 0 Å². The minimum Gasteiger partial charge on any atom is -0.456 e. The van der Waals surface area contributed by atoms with Crippen molar-refractivity contribution in [1.82, 2.24) is 4.98 Å². The van der Waals surface area contributed by atoms with Gasteiger partial charge in [-0.1, -0.05) is 23.6 Å². The average Bonchev–Trinajstić information content (AvgIpc) is 3.26. The number of halogens is 1. The summed E-state index contributed by atoms with van der Waals surface area (Å²) < 4.78 is 26.3. The van der Waals surface area contributed by atoms with Crippen molar-refractivity contribution in [2.75, 3.05) is 19.0 Å². The normalized spacial score (nSPS) is 14.0. The number of hydrogen-bond acceptors (Lipinski definition) is 6. The van der Waals surface area contributed by atoms with Crippen LogP contribution < -0.4 is 11.1 Å². The number of nitrogens with one attached hydrogen (secondary N) is 1. The monoisotopic (exact) mass is 377 g/mol. The fourth-order valence-electron chi connectivity index (χ4n) is 2.49. The standard InChI is InChI=1S/C18H18ClN3O2S/c1-3-13-15(7-11(20)10-23-2)24-18-14(8-16(19)22-17(13)18)21-9-12-5-4-6-25-12/h1,4-6,8,11H,7,9-10,20H2,2H3,(H,21,22)/t11-/m1/s1/i10D2. The molecule has 0 aliphatic heterocycles. The number of methoxy groups -OCH3 is 1. The number of nitrogens with two attached hydrogens (primary N) is 1. The molecule has 0 aliphatic rings. The van der Waals surface area contributed by atoms with Gasteiger partial charge in [0.25, 0.3) is 0 Å². The third-order valence-electron chi connectivity index (χ3n) is 3.53. The molecule has 3 aromatic heterocycles. The van der Waals surface area contributed by atoms with Crippen LogP contribution >= 0.6 is 22.9 Å². The predicted molar refractivity (Wildman–Crippen MR) is 102 cm³/mol. The number of pyridine rings is 1. The molecule has 0 saturated heterocycles. The molecule has 130 valence electrons. The first-order valence-corrected chi connectivity index (χ1v) is 8.77. The minimum atomic E-state index is -2.02. The Kier molecular flexibility index (Phi) is 4.81. The van der Waals surface area contributed by atoms with Crippen molar-refractivity contribution in [3.8, 4) is 12.3 Å². The Labute approximate surface area is 157 Å². The van der Waals surface area contributed by atoms with E-state index in [4.69, 9.17) is 35.7 Å². The van der Waals surface area contributed by atoms with E-state index in [1.165, 1.54) is 7.11 Å². The van der Waals surface area contributed by atoms with Crippen LogP contribution in [-0.2, 0) is 17.7 Å². The van der Waals surface area contributed by atoms with Crippen molar-refractivity contribution in [3.05, 3.63) is 44.9 Å². The molecule has 25 heavy (non-hydrogen) atoms. The second-order valence-electron chi connectivity index (χ2n) is 5.28. The number of nitrogens with zero attached hydrogens (tertiary/aromatic N) is 1. The Bertz CT molecular complexity index is 983. The Morgan fingerprint density at radius 2 is 2.48 bits per heavy atom. The van der Waals surface area contributed by atoms with Gasteiger partial charge in [-0.25, -0.2) is 4.98 Å². The lowest BCUT2D eigenvalue weighted by Gasteiger charge is -2.08. The zero-order valence-electron chi connectivity index (χ0n) is 15.5. The van der Waals surface area contributed by atoms with Crippen molar-refractivity contribution in [3.63, 3.8) is 0 Å². The molecule has 0 unspecified atom stereocenters. The Hall–Kier alpha value is -2.04. The molecule has 0 aromatic carbocycles. The minimum absolute atomic E-state index is 0.0543. The summed E-state index contributed by atoms with van der Waals surface area (Å²) in [5.41, 5.74) is 7.91. The summed E-state index contributed by atoms with van der Waals surface area (Å²) in [6, 6.07) is 4.69. The van der Waals surface area contributed by atoms with E-state index >= 15 is 0 Å². The van der Waals surface area contributed by atoms with Gasteiger partial charge in [0.05, 0.1) is 20.6 Å². The largest absolute Gasteiger partial charge is 0.456 e. The number of hydrogen-bond donors (Lipinski definition) is 2. The molecular formula is C18H18ClN3O2S. The lowest BCUT2D eigenvalue weighted by atomic mass is 10.1. The second kappa shape index (κ2) is 7.89. The van der Waals surface area contributed by atoms with Gasteiger partial charge in [-0.15, -0.1) is 17.8 Å². The highest BCUT2D eigenvalue weighted by molar-refractivity contribution is 7.09. The molecule has 5 nitrogen and oxygen atoms in total. The summed E-state index contributed by atoms with van der Waals surface area (Å²) in [5.74, 6) is 2.93. The molecule has 0 amide bonds. The van der Waals surface area contributed by atoms with Gasteiger partial charge in [-0.2, -0.15) is 0 Å². The molecule has 7 heteroatoms. The number of ether oxygens (including phenoxy) is 1. The van der Waals surface area contributed by atoms with Gasteiger partial charge >= 0.3 is 0 Å². The molecule has 0 aliphatic carbocycles. The van der Waals surface area contributed by atoms with Gasteiger partial charge < -0.3 is 20.2 Å². The van der Waals surface area contributed by atoms with E-state index in [0.717, 1.165) is 4.88 Å². The number of aromatic nitrogens is 1. The highest BCUT2D eigenvalue weighted by atomic mass is 35.5. The average molecular weight is 378 g/mol. The lowest BCUT2D eigenvalue weighted by molar-refractivity contribution is 0.178. The van der Waals surface area contributed by atoms with E-state index in [9.17, 15) is 0 Å². The highest BCUT2D eigenvalue weighted by Crippen LogP contribution is 2.33. The number of furan rings is 1. The van der Waals surface area contributed by atoms with Crippen LogP contribution in [0.5, 0.6) is 0 Å². The SMILES string of the molecule is [2H]C([2H])(OC)[C@H](N)Cc1oc2c(NCc3cccs3)cc(Cl)nc2c1C#C. The van der Waals surface area contributed by atoms with E-state index in [0.29, 0.717) is 34.7 Å². The molecule has 0 radical (unpaired) electrons. The number of thiophene rings is 1. The van der Waals surface area contributed by atoms with E-state index in [-0.39, 0.29) is 11.6 Å². The van der Waals surface area contributed by atoms with E-state index in [1.807, 2.05) is 17.5 Å². The Morgan fingerprint density at radius 1 is 1.64 bits per heavy atom. The number of rotatable bonds is 7. The third-order valence-corrected chi connectivity index (χ3v) is 4.60. The molecular weight excluding hydrogens is 358 g/mol. The van der Waals surface area contributed by atoms with E-state index in [1.54, 1.807) is 17.4 Å². The van der Waals surface area contributed by atoms with Crippen LogP contribution in [0.4, 0.5) is 5.69 Å². The number of fused-ring (bicyclic) bond motifs is 1. The lowest BCUT2D eigenvalue weighted by Crippen LogP contribution is -2.28. The first-order valence-electron chi connectivity index (χ1n) is 8.51. The number of anilines is 1. The zero-order valence-corrected chi connectivity index (χ0v) is 15.1. The van der Waals surface area contributed by atoms with E-state index in [2.05, 4.69) is 16.2 Å². The van der Waals surface area contributed by atoms with Crippen molar-refractivity contribution in [1.29, 1.82) is 0 Å². The summed E-state index contributed by atoms with van der Waals surface area (Å²) in [6.07, 6.45) is 5.71. The maximum absolute atomic E-state index is 7.79. The fourth-order valence-corrected chi connectivity index (χ4v) is 3.33. The van der Waals surface area contributed by atoms with Gasteiger partial charge in [0.1, 0.15) is 16.4 Å². The van der Waals surface area contributed by atoms with Crippen LogP contribution in [0.15, 0.2) is 28.0 Å². The maximum atomic E-state index is 7.79. The fraction of sp³-hybridized carbons (Fsp3) is 0.278. The smallest absolute Gasteiger partial charge is 0.177 e. The summed E-state index contributed by atoms with van der Waals surface area (Å²) >= 11 is 7.79. The topological polar surface area (TPSA) is 73.3 Å². The second-order valence-corrected chi connectivity index (χ2v) is 6.70. The highest BCUT2D eigenvalue weighted by Gasteiger charge is 2.20. The van der Waals surface area contributed by atoms with Crippen molar-refractivity contribution >= 4 is 39.7 Å². The summed E-state index contributed by atoms with van der Waals surface area (Å²) in [4.78, 5) is 5.44. The molecule has 3 N–H and O–H groups in total. The number of terminal acetylenes is 1. The van der Waals surface area contributed by atoms with Crippen LogP contribution in [0.3, 0.4) is 0 Å². The Balaban J connectivity index is 1.99. The maximum Gasteiger partial charge on any atom is 0.177 e. The van der Waals surface area contributed by atoms with Crippen LogP contribution in [0, 0.1) is 12.3 Å². The van der Waals surface area contributed by atoms with Gasteiger partial charge in [0.15, 0.2) is 5.58 Å². The Morgan fingerprint density at radius 3 is 3.16 bits per heavy atom. The summed E-state index contributed by atoms with van der Waals surface area (Å²) in [7, 11) is 1.26. The zero-order chi connectivity index (χ0) is 19.6. The van der Waals surface area contributed by atoms with Crippen LogP contribution in [0.2, 0.25) is 5.15 Å². The van der Waals surface area contributed by atoms with Crippen LogP contribution in [0.25, 0.3) is 11.1 Å². The molecule has 0 fully saturated rings. The van der Waals surface area contributed by atoms with E-state index < -0.39 is 12.6 Å². The molecule has 3 heterocycles. The van der Waals surface area contributed by atoms with Crippen molar-refractivity contribution in [2.45, 2.75) is 19.0 Å². The molecule has 0 saturated carbocycles. The van der Waals surface area contributed by atoms with Gasteiger partial charge in [-0.05, 0) is 11.4 Å². The predicted octanol–water partition coefficient (Wildman–Crippen LogP) is 3.65. The van der Waals surface area contributed by atoms with Crippen LogP contribution in [-0.4, -0.2) is 24.7 Å². The molecule has 0 spiro atoms. The first-order chi connectivity index (χ1) is 12.9.